The maximum Gasteiger partial charge on any atom is 0.420 e. The van der Waals surface area contributed by atoms with Crippen LogP contribution in [-0.2, 0) is 11.6 Å². The van der Waals surface area contributed by atoms with Crippen molar-refractivity contribution in [2.45, 2.75) is 43.7 Å². The molecule has 0 aromatic heterocycles. The van der Waals surface area contributed by atoms with E-state index in [0.29, 0.717) is 12.1 Å². The Kier molecular flexibility index (Phi) is 4.90. The van der Waals surface area contributed by atoms with Gasteiger partial charge in [-0.25, -0.2) is 0 Å². The molecule has 0 radical (unpaired) electrons. The second-order valence-corrected chi connectivity index (χ2v) is 5.80. The van der Waals surface area contributed by atoms with E-state index in [2.05, 4.69) is 0 Å². The van der Waals surface area contributed by atoms with Crippen molar-refractivity contribution in [3.05, 3.63) is 23.3 Å². The Hall–Kier alpha value is -1.43. The molecule has 0 amide bonds. The zero-order chi connectivity index (χ0) is 16.4. The molecule has 1 aromatic rings. The predicted octanol–water partition coefficient (Wildman–Crippen LogP) is 3.88. The number of nitrogens with two attached hydrogens (primary N) is 1. The zero-order valence-electron chi connectivity index (χ0n) is 12.9. The fourth-order valence-corrected chi connectivity index (χ4v) is 3.36. The van der Waals surface area contributed by atoms with Gasteiger partial charge in [0.25, 0.3) is 0 Å². The molecule has 6 heteroatoms. The minimum atomic E-state index is -4.50. The summed E-state index contributed by atoms with van der Waals surface area (Å²) in [5.74, 6) is 0.0576. The highest BCUT2D eigenvalue weighted by atomic mass is 19.4. The first-order chi connectivity index (χ1) is 10.4. The quantitative estimate of drug-likeness (QED) is 0.916. The van der Waals surface area contributed by atoms with Gasteiger partial charge in [0.2, 0.25) is 0 Å². The van der Waals surface area contributed by atoms with E-state index in [-0.39, 0.29) is 11.5 Å². The average molecular weight is 317 g/mol. The second-order valence-electron chi connectivity index (χ2n) is 5.80. The standard InChI is InChI=1S/C16H22F3NO2/c1-21-11-8-12(15(10-20)6-4-3-5-7-15)14(22-2)13(9-11)16(17,18)19/h8-9H,3-7,10,20H2,1-2H3. The van der Waals surface area contributed by atoms with Crippen molar-refractivity contribution in [2.24, 2.45) is 5.73 Å². The SMILES string of the molecule is COc1cc(C(F)(F)F)c(OC)c(C2(CN)CCCCC2)c1. The molecule has 124 valence electrons. The molecule has 1 aromatic carbocycles. The third kappa shape index (κ3) is 3.02. The summed E-state index contributed by atoms with van der Waals surface area (Å²) in [5, 5.41) is 0. The number of alkyl halides is 3. The lowest BCUT2D eigenvalue weighted by Gasteiger charge is -2.38. The van der Waals surface area contributed by atoms with Crippen LogP contribution >= 0.6 is 0 Å². The Morgan fingerprint density at radius 1 is 1.09 bits per heavy atom. The highest BCUT2D eigenvalue weighted by molar-refractivity contribution is 5.52. The van der Waals surface area contributed by atoms with E-state index in [1.54, 1.807) is 6.07 Å². The molecule has 2 rings (SSSR count). The van der Waals surface area contributed by atoms with Gasteiger partial charge in [0.05, 0.1) is 14.2 Å². The Morgan fingerprint density at radius 3 is 2.18 bits per heavy atom. The van der Waals surface area contributed by atoms with E-state index >= 15 is 0 Å². The molecular weight excluding hydrogens is 295 g/mol. The normalized spacial score (nSPS) is 18.1. The summed E-state index contributed by atoms with van der Waals surface area (Å²) in [4.78, 5) is 0. The molecule has 1 aliphatic rings. The number of halogens is 3. The van der Waals surface area contributed by atoms with Gasteiger partial charge in [-0.3, -0.25) is 0 Å². The van der Waals surface area contributed by atoms with E-state index in [9.17, 15) is 13.2 Å². The van der Waals surface area contributed by atoms with Crippen LogP contribution in [-0.4, -0.2) is 20.8 Å². The summed E-state index contributed by atoms with van der Waals surface area (Å²) < 4.78 is 50.3. The first-order valence-electron chi connectivity index (χ1n) is 7.42. The molecule has 0 spiro atoms. The van der Waals surface area contributed by atoms with Crippen molar-refractivity contribution in [3.8, 4) is 11.5 Å². The van der Waals surface area contributed by atoms with Gasteiger partial charge in [-0.05, 0) is 25.0 Å². The number of methoxy groups -OCH3 is 2. The maximum atomic E-state index is 13.4. The van der Waals surface area contributed by atoms with Crippen LogP contribution in [0.5, 0.6) is 11.5 Å². The highest BCUT2D eigenvalue weighted by Crippen LogP contribution is 2.48. The first kappa shape index (κ1) is 16.9. The second kappa shape index (κ2) is 6.36. The Bertz CT molecular complexity index is 523. The minimum Gasteiger partial charge on any atom is -0.497 e. The molecule has 0 atom stereocenters. The van der Waals surface area contributed by atoms with E-state index in [0.717, 1.165) is 38.2 Å². The molecular formula is C16H22F3NO2. The highest BCUT2D eigenvalue weighted by Gasteiger charge is 2.41. The maximum absolute atomic E-state index is 13.4. The van der Waals surface area contributed by atoms with Crippen molar-refractivity contribution in [1.29, 1.82) is 0 Å². The van der Waals surface area contributed by atoms with E-state index < -0.39 is 17.2 Å². The molecule has 0 bridgehead atoms. The molecule has 1 saturated carbocycles. The van der Waals surface area contributed by atoms with Gasteiger partial charge in [-0.1, -0.05) is 19.3 Å². The molecule has 0 heterocycles. The Labute approximate surface area is 128 Å². The van der Waals surface area contributed by atoms with Gasteiger partial charge >= 0.3 is 6.18 Å². The molecule has 1 fully saturated rings. The smallest absolute Gasteiger partial charge is 0.420 e. The van der Waals surface area contributed by atoms with E-state index in [1.165, 1.54) is 14.2 Å². The monoisotopic (exact) mass is 317 g/mol. The fraction of sp³-hybridized carbons (Fsp3) is 0.625. The van der Waals surface area contributed by atoms with Gasteiger partial charge in [0.1, 0.15) is 17.1 Å². The van der Waals surface area contributed by atoms with E-state index in [1.807, 2.05) is 0 Å². The number of rotatable bonds is 4. The summed E-state index contributed by atoms with van der Waals surface area (Å²) in [6.45, 7) is 0.299. The van der Waals surface area contributed by atoms with Crippen molar-refractivity contribution in [1.82, 2.24) is 0 Å². The third-order valence-electron chi connectivity index (χ3n) is 4.58. The third-order valence-corrected chi connectivity index (χ3v) is 4.58. The number of hydrogen-bond donors (Lipinski definition) is 1. The number of ether oxygens (including phenoxy) is 2. The van der Waals surface area contributed by atoms with Crippen molar-refractivity contribution < 1.29 is 22.6 Å². The summed E-state index contributed by atoms with van der Waals surface area (Å²) in [5.41, 5.74) is 5.21. The van der Waals surface area contributed by atoms with Crippen molar-refractivity contribution in [3.63, 3.8) is 0 Å². The van der Waals surface area contributed by atoms with Crippen LogP contribution in [0.1, 0.15) is 43.2 Å². The molecule has 1 aliphatic carbocycles. The van der Waals surface area contributed by atoms with Gasteiger partial charge in [0, 0.05) is 17.5 Å². The lowest BCUT2D eigenvalue weighted by atomic mass is 9.68. The van der Waals surface area contributed by atoms with Crippen molar-refractivity contribution >= 4 is 0 Å². The van der Waals surface area contributed by atoms with Crippen LogP contribution in [0, 0.1) is 0 Å². The summed E-state index contributed by atoms with van der Waals surface area (Å²) in [6.07, 6.45) is 0.0335. The van der Waals surface area contributed by atoms with Gasteiger partial charge in [-0.15, -0.1) is 0 Å². The largest absolute Gasteiger partial charge is 0.497 e. The van der Waals surface area contributed by atoms with Crippen LogP contribution in [0.3, 0.4) is 0 Å². The first-order valence-corrected chi connectivity index (χ1v) is 7.42. The molecule has 0 saturated heterocycles. The predicted molar refractivity (Wildman–Crippen MR) is 78.4 cm³/mol. The average Bonchev–Trinajstić information content (AvgIpc) is 2.53. The molecule has 2 N–H and O–H groups in total. The lowest BCUT2D eigenvalue weighted by molar-refractivity contribution is -0.139. The Morgan fingerprint density at radius 2 is 1.73 bits per heavy atom. The Balaban J connectivity index is 2.67. The fourth-order valence-electron chi connectivity index (χ4n) is 3.36. The van der Waals surface area contributed by atoms with Crippen LogP contribution in [0.4, 0.5) is 13.2 Å². The molecule has 3 nitrogen and oxygen atoms in total. The van der Waals surface area contributed by atoms with E-state index in [4.69, 9.17) is 15.2 Å². The summed E-state index contributed by atoms with van der Waals surface area (Å²) in [6, 6.07) is 2.63. The molecule has 0 aliphatic heterocycles. The van der Waals surface area contributed by atoms with Crippen LogP contribution in [0.2, 0.25) is 0 Å². The molecule has 0 unspecified atom stereocenters. The number of benzene rings is 1. The number of hydrogen-bond acceptors (Lipinski definition) is 3. The van der Waals surface area contributed by atoms with Gasteiger partial charge in [0.15, 0.2) is 0 Å². The lowest BCUT2D eigenvalue weighted by Crippen LogP contribution is -2.37. The zero-order valence-corrected chi connectivity index (χ0v) is 12.9. The van der Waals surface area contributed by atoms with Crippen LogP contribution in [0.15, 0.2) is 12.1 Å². The topological polar surface area (TPSA) is 44.5 Å². The minimum absolute atomic E-state index is 0.124. The molecule has 22 heavy (non-hydrogen) atoms. The van der Waals surface area contributed by atoms with Crippen LogP contribution in [0.25, 0.3) is 0 Å². The van der Waals surface area contributed by atoms with Gasteiger partial charge < -0.3 is 15.2 Å². The van der Waals surface area contributed by atoms with Crippen molar-refractivity contribution in [2.75, 3.05) is 20.8 Å². The summed E-state index contributed by atoms with van der Waals surface area (Å²) >= 11 is 0. The van der Waals surface area contributed by atoms with Gasteiger partial charge in [-0.2, -0.15) is 13.2 Å². The summed E-state index contributed by atoms with van der Waals surface area (Å²) in [7, 11) is 2.63. The van der Waals surface area contributed by atoms with Crippen LogP contribution < -0.4 is 15.2 Å².